The number of methoxy groups -OCH3 is 1. The van der Waals surface area contributed by atoms with E-state index in [0.29, 0.717) is 25.3 Å². The second-order valence-electron chi connectivity index (χ2n) is 7.12. The number of carbonyl (C=O) groups is 1. The Balaban J connectivity index is 1.78. The van der Waals surface area contributed by atoms with Crippen molar-refractivity contribution in [3.8, 4) is 5.75 Å². The maximum Gasteiger partial charge on any atom is 0.272 e. The third-order valence-electron chi connectivity index (χ3n) is 4.79. The Hall–Kier alpha value is -2.43. The van der Waals surface area contributed by atoms with E-state index in [2.05, 4.69) is 10.4 Å². The van der Waals surface area contributed by atoms with Gasteiger partial charge in [0.25, 0.3) is 15.9 Å². The van der Waals surface area contributed by atoms with Gasteiger partial charge in [-0.3, -0.25) is 9.48 Å². The highest BCUT2D eigenvalue weighted by molar-refractivity contribution is 7.89. The number of benzene rings is 1. The van der Waals surface area contributed by atoms with Crippen molar-refractivity contribution in [1.29, 1.82) is 0 Å². The molecule has 1 aromatic heterocycles. The summed E-state index contributed by atoms with van der Waals surface area (Å²) in [5.74, 6) is 0.179. The maximum atomic E-state index is 12.7. The van der Waals surface area contributed by atoms with Crippen molar-refractivity contribution in [3.63, 3.8) is 0 Å². The quantitative estimate of drug-likeness (QED) is 0.708. The number of fused-ring (bicyclic) bond motifs is 1. The first-order chi connectivity index (χ1) is 13.2. The average molecular weight is 408 g/mol. The summed E-state index contributed by atoms with van der Waals surface area (Å²) in [6, 6.07) is 8.60. The molecule has 152 valence electrons. The maximum absolute atomic E-state index is 12.7. The number of likely N-dealkylation sites (N-methyl/N-ethyl adjacent to an activating group) is 1. The number of carbonyl (C=O) groups excluding carboxylic acids is 1. The fraction of sp³-hybridized carbons (Fsp3) is 0.444. The van der Waals surface area contributed by atoms with Crippen LogP contribution < -0.4 is 10.1 Å². The third-order valence-corrected chi connectivity index (χ3v) is 6.65. The molecule has 3 rings (SSSR count). The summed E-state index contributed by atoms with van der Waals surface area (Å²) in [7, 11) is -0.577. The largest absolute Gasteiger partial charge is 0.497 e. The number of hydrogen-bond donors (Lipinski definition) is 2. The molecule has 0 radical (unpaired) electrons. The van der Waals surface area contributed by atoms with Crippen LogP contribution >= 0.6 is 0 Å². The Labute approximate surface area is 164 Å². The fourth-order valence-corrected chi connectivity index (χ4v) is 4.37. The Kier molecular flexibility index (Phi) is 5.46. The minimum absolute atomic E-state index is 0.00304. The van der Waals surface area contributed by atoms with E-state index in [9.17, 15) is 18.3 Å². The molecule has 1 amide bonds. The van der Waals surface area contributed by atoms with Gasteiger partial charge in [-0.2, -0.15) is 9.40 Å². The Bertz CT molecular complexity index is 970. The number of aromatic nitrogens is 2. The second-order valence-corrected chi connectivity index (χ2v) is 9.11. The van der Waals surface area contributed by atoms with Crippen molar-refractivity contribution in [2.75, 3.05) is 27.3 Å². The molecule has 0 fully saturated rings. The van der Waals surface area contributed by atoms with E-state index in [4.69, 9.17) is 4.74 Å². The van der Waals surface area contributed by atoms with Crippen molar-refractivity contribution in [1.82, 2.24) is 19.4 Å². The molecular weight excluding hydrogens is 384 g/mol. The molecule has 0 saturated carbocycles. The van der Waals surface area contributed by atoms with Crippen LogP contribution in [0.2, 0.25) is 0 Å². The SMILES string of the molecule is COc1ccc(CC(C)(CO)NC(=O)c2cc3n(n2)CCN(C)S3(=O)=O)cc1. The highest BCUT2D eigenvalue weighted by Crippen LogP contribution is 2.21. The predicted octanol–water partition coefficient (Wildman–Crippen LogP) is 0.249. The highest BCUT2D eigenvalue weighted by Gasteiger charge is 2.33. The summed E-state index contributed by atoms with van der Waals surface area (Å²) in [6.07, 6.45) is 0.383. The van der Waals surface area contributed by atoms with Crippen molar-refractivity contribution in [2.24, 2.45) is 0 Å². The van der Waals surface area contributed by atoms with Crippen LogP contribution in [-0.4, -0.2) is 66.4 Å². The molecule has 0 aliphatic carbocycles. The van der Waals surface area contributed by atoms with E-state index in [1.54, 1.807) is 26.2 Å². The van der Waals surface area contributed by atoms with Crippen LogP contribution in [0.15, 0.2) is 35.4 Å². The lowest BCUT2D eigenvalue weighted by Gasteiger charge is -2.28. The van der Waals surface area contributed by atoms with Crippen LogP contribution in [0.5, 0.6) is 5.75 Å². The van der Waals surface area contributed by atoms with E-state index < -0.39 is 21.5 Å². The van der Waals surface area contributed by atoms with Gasteiger partial charge in [-0.1, -0.05) is 12.1 Å². The lowest BCUT2D eigenvalue weighted by molar-refractivity contribution is 0.0846. The Morgan fingerprint density at radius 2 is 2.00 bits per heavy atom. The first-order valence-electron chi connectivity index (χ1n) is 8.79. The van der Waals surface area contributed by atoms with Gasteiger partial charge in [0.15, 0.2) is 10.7 Å². The molecule has 0 spiro atoms. The molecule has 9 nitrogen and oxygen atoms in total. The molecule has 0 saturated heterocycles. The minimum Gasteiger partial charge on any atom is -0.497 e. The summed E-state index contributed by atoms with van der Waals surface area (Å²) >= 11 is 0. The minimum atomic E-state index is -3.65. The molecule has 2 aromatic rings. The third kappa shape index (κ3) is 3.89. The van der Waals surface area contributed by atoms with Gasteiger partial charge in [-0.05, 0) is 31.0 Å². The van der Waals surface area contributed by atoms with E-state index in [1.807, 2.05) is 12.1 Å². The van der Waals surface area contributed by atoms with Crippen LogP contribution in [0.25, 0.3) is 0 Å². The molecule has 2 N–H and O–H groups in total. The van der Waals surface area contributed by atoms with Gasteiger partial charge in [0.05, 0.1) is 25.8 Å². The van der Waals surface area contributed by atoms with E-state index in [1.165, 1.54) is 22.1 Å². The summed E-state index contributed by atoms with van der Waals surface area (Å²) in [6.45, 7) is 2.10. The van der Waals surface area contributed by atoms with Crippen LogP contribution in [0, 0.1) is 0 Å². The number of rotatable bonds is 6. The Morgan fingerprint density at radius 1 is 1.32 bits per heavy atom. The summed E-state index contributed by atoms with van der Waals surface area (Å²) in [5.41, 5.74) is -0.0277. The number of aliphatic hydroxyl groups excluding tert-OH is 1. The lowest BCUT2D eigenvalue weighted by Crippen LogP contribution is -2.50. The molecule has 1 aliphatic rings. The topological polar surface area (TPSA) is 114 Å². The van der Waals surface area contributed by atoms with E-state index >= 15 is 0 Å². The van der Waals surface area contributed by atoms with Crippen molar-refractivity contribution >= 4 is 15.9 Å². The first-order valence-corrected chi connectivity index (χ1v) is 10.2. The number of nitrogens with zero attached hydrogens (tertiary/aromatic N) is 3. The molecule has 1 unspecified atom stereocenters. The zero-order valence-corrected chi connectivity index (χ0v) is 16.9. The molecule has 28 heavy (non-hydrogen) atoms. The normalized spacial score (nSPS) is 18.1. The summed E-state index contributed by atoms with van der Waals surface area (Å²) in [5, 5.41) is 16.8. The van der Waals surface area contributed by atoms with Gasteiger partial charge in [-0.25, -0.2) is 8.42 Å². The zero-order valence-electron chi connectivity index (χ0n) is 16.0. The van der Waals surface area contributed by atoms with Gasteiger partial charge in [0, 0.05) is 19.7 Å². The van der Waals surface area contributed by atoms with Crippen molar-refractivity contribution < 1.29 is 23.1 Å². The number of hydrogen-bond acceptors (Lipinski definition) is 6. The van der Waals surface area contributed by atoms with Crippen LogP contribution in [0.1, 0.15) is 23.0 Å². The predicted molar refractivity (Wildman–Crippen MR) is 102 cm³/mol. The number of amides is 1. The van der Waals surface area contributed by atoms with Gasteiger partial charge in [0.2, 0.25) is 0 Å². The molecule has 0 bridgehead atoms. The van der Waals surface area contributed by atoms with Crippen LogP contribution in [-0.2, 0) is 23.0 Å². The number of nitrogens with one attached hydrogen (secondary N) is 1. The van der Waals surface area contributed by atoms with Gasteiger partial charge >= 0.3 is 0 Å². The smallest absolute Gasteiger partial charge is 0.272 e. The summed E-state index contributed by atoms with van der Waals surface area (Å²) < 4.78 is 32.4. The Morgan fingerprint density at radius 3 is 2.61 bits per heavy atom. The van der Waals surface area contributed by atoms with Gasteiger partial charge in [0.1, 0.15) is 5.75 Å². The summed E-state index contributed by atoms with van der Waals surface area (Å²) in [4.78, 5) is 12.7. The second kappa shape index (κ2) is 7.53. The average Bonchev–Trinajstić information content (AvgIpc) is 3.12. The van der Waals surface area contributed by atoms with Crippen molar-refractivity contribution in [3.05, 3.63) is 41.6 Å². The number of ether oxygens (including phenoxy) is 1. The molecular formula is C18H24N4O5S. The standard InChI is InChI=1S/C18H24N4O5S/c1-18(12-23,11-13-4-6-14(27-3)7-5-13)19-17(24)15-10-16-22(20-15)9-8-21(2)28(16,25)26/h4-7,10,23H,8-9,11-12H2,1-3H3,(H,19,24). The zero-order chi connectivity index (χ0) is 20.5. The monoisotopic (exact) mass is 408 g/mol. The van der Waals surface area contributed by atoms with Gasteiger partial charge < -0.3 is 15.2 Å². The molecule has 1 aliphatic heterocycles. The number of sulfonamides is 1. The first kappa shape index (κ1) is 20.3. The highest BCUT2D eigenvalue weighted by atomic mass is 32.2. The van der Waals surface area contributed by atoms with E-state index in [0.717, 1.165) is 5.56 Å². The molecule has 1 atom stereocenters. The number of aliphatic hydroxyl groups is 1. The van der Waals surface area contributed by atoms with Crippen molar-refractivity contribution in [2.45, 2.75) is 30.5 Å². The fourth-order valence-electron chi connectivity index (χ4n) is 3.07. The van der Waals surface area contributed by atoms with Gasteiger partial charge in [-0.15, -0.1) is 0 Å². The van der Waals surface area contributed by atoms with E-state index in [-0.39, 0.29) is 17.3 Å². The lowest BCUT2D eigenvalue weighted by atomic mass is 9.93. The molecule has 1 aromatic carbocycles. The molecule has 10 heteroatoms. The van der Waals surface area contributed by atoms with Crippen LogP contribution in [0.3, 0.4) is 0 Å². The van der Waals surface area contributed by atoms with Crippen LogP contribution in [0.4, 0.5) is 0 Å². The molecule has 2 heterocycles.